The summed E-state index contributed by atoms with van der Waals surface area (Å²) in [5, 5.41) is 13.3. The van der Waals surface area contributed by atoms with E-state index in [-0.39, 0.29) is 27.7 Å². The summed E-state index contributed by atoms with van der Waals surface area (Å²) in [6.45, 7) is 0.223. The maximum atomic E-state index is 12.8. The lowest BCUT2D eigenvalue weighted by Gasteiger charge is -2.17. The second-order valence-electron chi connectivity index (χ2n) is 6.65. The van der Waals surface area contributed by atoms with E-state index >= 15 is 0 Å². The number of halogens is 1. The lowest BCUT2D eigenvalue weighted by Crippen LogP contribution is -2.26. The molecule has 0 atom stereocenters. The number of nitrogens with zero attached hydrogens (tertiary/aromatic N) is 2. The predicted molar refractivity (Wildman–Crippen MR) is 118 cm³/mol. The first-order valence-electron chi connectivity index (χ1n) is 9.04. The molecule has 1 N–H and O–H groups in total. The van der Waals surface area contributed by atoms with Gasteiger partial charge in [-0.15, -0.1) is 0 Å². The Morgan fingerprint density at radius 3 is 2.29 bits per heavy atom. The molecule has 0 aliphatic heterocycles. The molecular weight excluding hydrogens is 442 g/mol. The van der Waals surface area contributed by atoms with Gasteiger partial charge >= 0.3 is 0 Å². The number of benzene rings is 3. The van der Waals surface area contributed by atoms with E-state index in [2.05, 4.69) is 5.32 Å². The summed E-state index contributed by atoms with van der Waals surface area (Å²) in [6, 6.07) is 18.4. The summed E-state index contributed by atoms with van der Waals surface area (Å²) >= 11 is 5.97. The number of nitro benzene ring substituents is 1. The first-order valence-corrected chi connectivity index (χ1v) is 10.9. The number of sulfonamides is 1. The third-order valence-corrected chi connectivity index (χ3v) is 6.61. The number of nitro groups is 1. The molecular formula is C21H18ClN3O5S. The van der Waals surface area contributed by atoms with Gasteiger partial charge in [0.2, 0.25) is 10.0 Å². The number of amides is 1. The molecule has 0 spiro atoms. The van der Waals surface area contributed by atoms with E-state index in [4.69, 9.17) is 11.6 Å². The zero-order valence-corrected chi connectivity index (χ0v) is 17.9. The molecule has 0 aliphatic carbocycles. The predicted octanol–water partition coefficient (Wildman–Crippen LogP) is 4.32. The molecule has 0 aliphatic rings. The van der Waals surface area contributed by atoms with Gasteiger partial charge in [0.05, 0.1) is 20.4 Å². The van der Waals surface area contributed by atoms with Crippen LogP contribution >= 0.6 is 11.6 Å². The largest absolute Gasteiger partial charge is 0.322 e. The molecule has 0 heterocycles. The van der Waals surface area contributed by atoms with Crippen molar-refractivity contribution in [3.05, 3.63) is 99.1 Å². The van der Waals surface area contributed by atoms with Crippen LogP contribution in [0.1, 0.15) is 15.9 Å². The summed E-state index contributed by atoms with van der Waals surface area (Å²) < 4.78 is 26.8. The van der Waals surface area contributed by atoms with Crippen LogP contribution in [0.4, 0.5) is 11.4 Å². The Bertz CT molecular complexity index is 1220. The van der Waals surface area contributed by atoms with Gasteiger partial charge in [-0.25, -0.2) is 8.42 Å². The van der Waals surface area contributed by atoms with Crippen molar-refractivity contribution in [2.75, 3.05) is 12.4 Å². The summed E-state index contributed by atoms with van der Waals surface area (Å²) in [5.41, 5.74) is 1.05. The molecule has 10 heteroatoms. The number of carbonyl (C=O) groups excluding carboxylic acids is 1. The Balaban J connectivity index is 1.72. The van der Waals surface area contributed by atoms with Crippen LogP contribution in [0.15, 0.2) is 77.7 Å². The molecule has 3 aromatic rings. The topological polar surface area (TPSA) is 110 Å². The number of non-ortho nitro benzene ring substituents is 1. The van der Waals surface area contributed by atoms with Crippen molar-refractivity contribution in [1.82, 2.24) is 4.31 Å². The lowest BCUT2D eigenvalue weighted by molar-refractivity contribution is -0.384. The van der Waals surface area contributed by atoms with E-state index in [1.54, 1.807) is 0 Å². The number of rotatable bonds is 7. The van der Waals surface area contributed by atoms with Gasteiger partial charge in [-0.2, -0.15) is 4.31 Å². The minimum atomic E-state index is -3.72. The fourth-order valence-corrected chi connectivity index (χ4v) is 4.24. The number of nitrogens with one attached hydrogen (secondary N) is 1. The summed E-state index contributed by atoms with van der Waals surface area (Å²) in [5.74, 6) is -0.572. The highest BCUT2D eigenvalue weighted by Crippen LogP contribution is 2.24. The van der Waals surface area contributed by atoms with E-state index in [1.807, 2.05) is 30.3 Å². The van der Waals surface area contributed by atoms with E-state index in [1.165, 1.54) is 47.8 Å². The van der Waals surface area contributed by atoms with E-state index < -0.39 is 20.9 Å². The Morgan fingerprint density at radius 2 is 1.71 bits per heavy atom. The maximum Gasteiger partial charge on any atom is 0.270 e. The van der Waals surface area contributed by atoms with Crippen molar-refractivity contribution >= 4 is 38.9 Å². The summed E-state index contributed by atoms with van der Waals surface area (Å²) in [7, 11) is -2.22. The van der Waals surface area contributed by atoms with Crippen LogP contribution in [-0.4, -0.2) is 30.6 Å². The zero-order valence-electron chi connectivity index (χ0n) is 16.4. The average molecular weight is 460 g/mol. The molecule has 0 saturated heterocycles. The Hall–Kier alpha value is -3.27. The number of carbonyl (C=O) groups is 1. The first-order chi connectivity index (χ1) is 14.7. The van der Waals surface area contributed by atoms with Crippen LogP contribution in [-0.2, 0) is 16.6 Å². The van der Waals surface area contributed by atoms with Crippen molar-refractivity contribution in [2.45, 2.75) is 11.4 Å². The monoisotopic (exact) mass is 459 g/mol. The zero-order chi connectivity index (χ0) is 22.6. The van der Waals surface area contributed by atoms with Gasteiger partial charge < -0.3 is 5.32 Å². The number of hydrogen-bond acceptors (Lipinski definition) is 5. The van der Waals surface area contributed by atoms with Gasteiger partial charge in [0.25, 0.3) is 11.6 Å². The number of hydrogen-bond donors (Lipinski definition) is 1. The van der Waals surface area contributed by atoms with Crippen LogP contribution < -0.4 is 5.32 Å². The number of anilines is 1. The van der Waals surface area contributed by atoms with Crippen LogP contribution in [0.3, 0.4) is 0 Å². The molecule has 0 aromatic heterocycles. The van der Waals surface area contributed by atoms with Crippen molar-refractivity contribution in [3.8, 4) is 0 Å². The van der Waals surface area contributed by atoms with Gasteiger partial charge in [-0.1, -0.05) is 41.9 Å². The molecule has 31 heavy (non-hydrogen) atoms. The first kappa shape index (κ1) is 22.4. The van der Waals surface area contributed by atoms with Crippen molar-refractivity contribution in [2.24, 2.45) is 0 Å². The second-order valence-corrected chi connectivity index (χ2v) is 9.10. The van der Waals surface area contributed by atoms with Crippen molar-refractivity contribution < 1.29 is 18.1 Å². The molecule has 1 amide bonds. The minimum Gasteiger partial charge on any atom is -0.322 e. The quantitative estimate of drug-likeness (QED) is 0.418. The smallest absolute Gasteiger partial charge is 0.270 e. The third-order valence-electron chi connectivity index (χ3n) is 4.48. The molecule has 0 unspecified atom stereocenters. The van der Waals surface area contributed by atoms with Gasteiger partial charge in [0.1, 0.15) is 0 Å². The maximum absolute atomic E-state index is 12.8. The SMILES string of the molecule is CN(Cc1ccccc1)S(=O)(=O)c1ccc(NC(=O)c2ccc([N+](=O)[O-])cc2Cl)cc1. The molecule has 160 valence electrons. The highest BCUT2D eigenvalue weighted by atomic mass is 35.5. The van der Waals surface area contributed by atoms with E-state index in [0.717, 1.165) is 11.6 Å². The highest BCUT2D eigenvalue weighted by molar-refractivity contribution is 7.89. The van der Waals surface area contributed by atoms with Crippen molar-refractivity contribution in [1.29, 1.82) is 0 Å². The lowest BCUT2D eigenvalue weighted by atomic mass is 10.2. The van der Waals surface area contributed by atoms with Crippen molar-refractivity contribution in [3.63, 3.8) is 0 Å². The molecule has 0 radical (unpaired) electrons. The van der Waals surface area contributed by atoms with Gasteiger partial charge in [-0.3, -0.25) is 14.9 Å². The van der Waals surface area contributed by atoms with Crippen LogP contribution in [0, 0.1) is 10.1 Å². The Morgan fingerprint density at radius 1 is 1.06 bits per heavy atom. The van der Waals surface area contributed by atoms with Gasteiger partial charge in [0, 0.05) is 31.4 Å². The standard InChI is InChI=1S/C21H18ClN3O5S/c1-24(14-15-5-3-2-4-6-15)31(29,30)18-10-7-16(8-11-18)23-21(26)19-12-9-17(25(27)28)13-20(19)22/h2-13H,14H2,1H3,(H,23,26). The molecule has 0 fully saturated rings. The molecule has 8 nitrogen and oxygen atoms in total. The highest BCUT2D eigenvalue weighted by Gasteiger charge is 2.21. The van der Waals surface area contributed by atoms with Crippen LogP contribution in [0.25, 0.3) is 0 Å². The molecule has 0 saturated carbocycles. The summed E-state index contributed by atoms with van der Waals surface area (Å²) in [4.78, 5) is 22.7. The fraction of sp³-hybridized carbons (Fsp3) is 0.0952. The third kappa shape index (κ3) is 5.26. The Labute approximate surface area is 184 Å². The molecule has 3 aromatic carbocycles. The average Bonchev–Trinajstić information content (AvgIpc) is 2.74. The van der Waals surface area contributed by atoms with Crippen LogP contribution in [0.5, 0.6) is 0 Å². The molecule has 3 rings (SSSR count). The normalized spacial score (nSPS) is 11.3. The van der Waals surface area contributed by atoms with Crippen LogP contribution in [0.2, 0.25) is 5.02 Å². The molecule has 0 bridgehead atoms. The second kappa shape index (κ2) is 9.25. The van der Waals surface area contributed by atoms with E-state index in [9.17, 15) is 23.3 Å². The van der Waals surface area contributed by atoms with Gasteiger partial charge in [0.15, 0.2) is 0 Å². The summed E-state index contributed by atoms with van der Waals surface area (Å²) in [6.07, 6.45) is 0. The van der Waals surface area contributed by atoms with E-state index in [0.29, 0.717) is 5.69 Å². The Kier molecular flexibility index (Phi) is 6.69. The minimum absolute atomic E-state index is 0.0616. The van der Waals surface area contributed by atoms with Gasteiger partial charge in [-0.05, 0) is 35.9 Å². The fourth-order valence-electron chi connectivity index (χ4n) is 2.82.